The molecule has 0 radical (unpaired) electrons. The summed E-state index contributed by atoms with van der Waals surface area (Å²) in [6, 6.07) is 7.59. The number of hydrogen-bond donors (Lipinski definition) is 0. The molecule has 114 valence electrons. The Balaban J connectivity index is 2.18. The third-order valence-corrected chi connectivity index (χ3v) is 4.72. The van der Waals surface area contributed by atoms with E-state index in [2.05, 4.69) is 5.10 Å². The Labute approximate surface area is 126 Å². The monoisotopic (exact) mass is 320 g/mol. The zero-order valence-electron chi connectivity index (χ0n) is 11.6. The van der Waals surface area contributed by atoms with Crippen LogP contribution in [-0.2, 0) is 16.4 Å². The molecule has 1 aromatic carbocycles. The van der Waals surface area contributed by atoms with E-state index >= 15 is 0 Å². The maximum atomic E-state index is 12.2. The minimum Gasteiger partial charge on any atom is -0.264 e. The van der Waals surface area contributed by atoms with Crippen molar-refractivity contribution in [3.8, 4) is 6.07 Å². The predicted octanol–water partition coefficient (Wildman–Crippen LogP) is 1.45. The maximum Gasteiger partial charge on any atom is 0.309 e. The van der Waals surface area contributed by atoms with Crippen molar-refractivity contribution in [1.29, 1.82) is 5.26 Å². The van der Waals surface area contributed by atoms with Gasteiger partial charge in [0.05, 0.1) is 33.7 Å². The van der Waals surface area contributed by atoms with Gasteiger partial charge in [0.1, 0.15) is 11.9 Å². The van der Waals surface area contributed by atoms with E-state index in [9.17, 15) is 18.5 Å². The molecule has 1 aromatic heterocycles. The SMILES string of the molecule is Cc1nn(CCS(=O)(=O)c2cccc(C#N)c2)cc1[N+](=O)[O-]. The molecule has 9 heteroatoms. The largest absolute Gasteiger partial charge is 0.309 e. The van der Waals surface area contributed by atoms with Gasteiger partial charge in [-0.25, -0.2) is 8.42 Å². The van der Waals surface area contributed by atoms with Crippen molar-refractivity contribution in [2.75, 3.05) is 5.75 Å². The molecular weight excluding hydrogens is 308 g/mol. The highest BCUT2D eigenvalue weighted by Gasteiger charge is 2.18. The summed E-state index contributed by atoms with van der Waals surface area (Å²) in [6.45, 7) is 1.48. The zero-order valence-corrected chi connectivity index (χ0v) is 12.4. The first-order valence-electron chi connectivity index (χ1n) is 6.25. The van der Waals surface area contributed by atoms with Crippen molar-refractivity contribution in [3.05, 3.63) is 51.8 Å². The van der Waals surface area contributed by atoms with E-state index in [0.29, 0.717) is 0 Å². The molecule has 0 unspecified atom stereocenters. The van der Waals surface area contributed by atoms with E-state index in [1.807, 2.05) is 6.07 Å². The van der Waals surface area contributed by atoms with Gasteiger partial charge >= 0.3 is 5.69 Å². The van der Waals surface area contributed by atoms with Crippen LogP contribution in [0.4, 0.5) is 5.69 Å². The van der Waals surface area contributed by atoms with Crippen molar-refractivity contribution in [2.45, 2.75) is 18.4 Å². The van der Waals surface area contributed by atoms with Crippen molar-refractivity contribution < 1.29 is 13.3 Å². The van der Waals surface area contributed by atoms with Crippen LogP contribution in [0.25, 0.3) is 0 Å². The van der Waals surface area contributed by atoms with E-state index in [1.54, 1.807) is 0 Å². The van der Waals surface area contributed by atoms with Crippen LogP contribution in [0, 0.1) is 28.4 Å². The van der Waals surface area contributed by atoms with Gasteiger partial charge in [-0.3, -0.25) is 14.8 Å². The number of nitriles is 1. The third-order valence-electron chi connectivity index (χ3n) is 3.03. The highest BCUT2D eigenvalue weighted by atomic mass is 32.2. The molecule has 0 atom stereocenters. The summed E-state index contributed by atoms with van der Waals surface area (Å²) in [5, 5.41) is 23.5. The lowest BCUT2D eigenvalue weighted by Gasteiger charge is -2.04. The minimum atomic E-state index is -3.60. The van der Waals surface area contributed by atoms with Crippen LogP contribution < -0.4 is 0 Å². The number of hydrogen-bond acceptors (Lipinski definition) is 6. The Bertz CT molecular complexity index is 864. The van der Waals surface area contributed by atoms with Gasteiger partial charge in [0, 0.05) is 0 Å². The number of aromatic nitrogens is 2. The van der Waals surface area contributed by atoms with E-state index in [4.69, 9.17) is 5.26 Å². The smallest absolute Gasteiger partial charge is 0.264 e. The highest BCUT2D eigenvalue weighted by Crippen LogP contribution is 2.17. The normalized spacial score (nSPS) is 11.1. The Morgan fingerprint density at radius 1 is 1.45 bits per heavy atom. The first kappa shape index (κ1) is 15.7. The summed E-state index contributed by atoms with van der Waals surface area (Å²) < 4.78 is 25.7. The van der Waals surface area contributed by atoms with Gasteiger partial charge in [-0.15, -0.1) is 0 Å². The van der Waals surface area contributed by atoms with Gasteiger partial charge in [0.15, 0.2) is 9.84 Å². The minimum absolute atomic E-state index is 0.00616. The molecule has 0 spiro atoms. The number of benzene rings is 1. The number of sulfone groups is 1. The molecule has 0 aliphatic carbocycles. The summed E-state index contributed by atoms with van der Waals surface area (Å²) >= 11 is 0. The van der Waals surface area contributed by atoms with Crippen LogP contribution in [-0.4, -0.2) is 28.9 Å². The number of rotatable bonds is 5. The van der Waals surface area contributed by atoms with E-state index < -0.39 is 14.8 Å². The molecule has 0 amide bonds. The zero-order chi connectivity index (χ0) is 16.3. The molecule has 0 aliphatic rings. The summed E-state index contributed by atoms with van der Waals surface area (Å²) in [5.74, 6) is -0.264. The summed E-state index contributed by atoms with van der Waals surface area (Å²) in [6.07, 6.45) is 1.20. The molecule has 0 bridgehead atoms. The van der Waals surface area contributed by atoms with Crippen LogP contribution >= 0.6 is 0 Å². The second kappa shape index (κ2) is 5.95. The van der Waals surface area contributed by atoms with Crippen molar-refractivity contribution in [1.82, 2.24) is 9.78 Å². The Kier molecular flexibility index (Phi) is 4.23. The lowest BCUT2D eigenvalue weighted by Crippen LogP contribution is -2.13. The quantitative estimate of drug-likeness (QED) is 0.607. The Hall–Kier alpha value is -2.73. The van der Waals surface area contributed by atoms with Crippen LogP contribution in [0.5, 0.6) is 0 Å². The number of nitro groups is 1. The van der Waals surface area contributed by atoms with Gasteiger partial charge in [-0.1, -0.05) is 6.07 Å². The molecule has 8 nitrogen and oxygen atoms in total. The fraction of sp³-hybridized carbons (Fsp3) is 0.231. The van der Waals surface area contributed by atoms with Crippen LogP contribution in [0.3, 0.4) is 0 Å². The first-order valence-corrected chi connectivity index (χ1v) is 7.90. The van der Waals surface area contributed by atoms with Crippen LogP contribution in [0.15, 0.2) is 35.4 Å². The van der Waals surface area contributed by atoms with E-state index in [0.717, 1.165) is 0 Å². The fourth-order valence-electron chi connectivity index (χ4n) is 1.89. The van der Waals surface area contributed by atoms with E-state index in [-0.39, 0.29) is 34.1 Å². The van der Waals surface area contributed by atoms with Crippen molar-refractivity contribution in [3.63, 3.8) is 0 Å². The maximum absolute atomic E-state index is 12.2. The molecule has 0 fully saturated rings. The average Bonchev–Trinajstić information content (AvgIpc) is 2.87. The molecule has 2 rings (SSSR count). The lowest BCUT2D eigenvalue weighted by molar-refractivity contribution is -0.385. The number of aryl methyl sites for hydroxylation is 2. The van der Waals surface area contributed by atoms with Gasteiger partial charge in [-0.2, -0.15) is 10.4 Å². The van der Waals surface area contributed by atoms with Gasteiger partial charge in [-0.05, 0) is 25.1 Å². The summed E-state index contributed by atoms with van der Waals surface area (Å²) in [7, 11) is -3.60. The average molecular weight is 320 g/mol. The summed E-state index contributed by atoms with van der Waals surface area (Å²) in [4.78, 5) is 10.2. The predicted molar refractivity (Wildman–Crippen MR) is 76.8 cm³/mol. The second-order valence-electron chi connectivity index (χ2n) is 4.58. The molecule has 22 heavy (non-hydrogen) atoms. The molecule has 0 aliphatic heterocycles. The molecule has 1 heterocycles. The summed E-state index contributed by atoms with van der Waals surface area (Å²) in [5.41, 5.74) is 0.337. The fourth-order valence-corrected chi connectivity index (χ4v) is 3.15. The molecule has 0 N–H and O–H groups in total. The standard InChI is InChI=1S/C13H12N4O4S/c1-10-13(17(18)19)9-16(15-10)5-6-22(20,21)12-4-2-3-11(7-12)8-14/h2-4,7,9H,5-6H2,1H3. The third kappa shape index (κ3) is 3.29. The van der Waals surface area contributed by atoms with Crippen LogP contribution in [0.2, 0.25) is 0 Å². The molecular formula is C13H12N4O4S. The first-order chi connectivity index (χ1) is 10.3. The Morgan fingerprint density at radius 2 is 2.18 bits per heavy atom. The lowest BCUT2D eigenvalue weighted by atomic mass is 10.2. The molecule has 2 aromatic rings. The van der Waals surface area contributed by atoms with Crippen LogP contribution in [0.1, 0.15) is 11.3 Å². The Morgan fingerprint density at radius 3 is 2.77 bits per heavy atom. The van der Waals surface area contributed by atoms with Crippen molar-refractivity contribution in [2.24, 2.45) is 0 Å². The van der Waals surface area contributed by atoms with Gasteiger partial charge in [0.2, 0.25) is 0 Å². The van der Waals surface area contributed by atoms with Gasteiger partial charge < -0.3 is 0 Å². The molecule has 0 saturated carbocycles. The second-order valence-corrected chi connectivity index (χ2v) is 6.69. The molecule has 0 saturated heterocycles. The van der Waals surface area contributed by atoms with Gasteiger partial charge in [0.25, 0.3) is 0 Å². The number of nitrogens with zero attached hydrogens (tertiary/aromatic N) is 4. The topological polar surface area (TPSA) is 119 Å². The van der Waals surface area contributed by atoms with E-state index in [1.165, 1.54) is 42.1 Å². The van der Waals surface area contributed by atoms with Crippen molar-refractivity contribution >= 4 is 15.5 Å². The highest BCUT2D eigenvalue weighted by molar-refractivity contribution is 7.91.